The molecule has 1 aliphatic carbocycles. The number of rotatable bonds is 5. The Kier molecular flexibility index (Phi) is 7.52. The number of carbonyl (C=O) groups is 2. The minimum absolute atomic E-state index is 0. The van der Waals surface area contributed by atoms with Crippen molar-refractivity contribution >= 4 is 29.8 Å². The maximum atomic E-state index is 13.0. The van der Waals surface area contributed by atoms with Gasteiger partial charge in [0, 0.05) is 50.1 Å². The number of aryl methyl sites for hydroxylation is 1. The molecule has 0 aromatic heterocycles. The molecule has 2 aliphatic rings. The Labute approximate surface area is 190 Å². The lowest BCUT2D eigenvalue weighted by molar-refractivity contribution is -0.114. The van der Waals surface area contributed by atoms with Gasteiger partial charge in [-0.3, -0.25) is 9.59 Å². The number of hydrogen-bond donors (Lipinski definition) is 2. The number of halogens is 1. The summed E-state index contributed by atoms with van der Waals surface area (Å²) in [6.07, 6.45) is 3.85. The molecule has 6 heteroatoms. The SMILES string of the molecule is CC(=O)Nc1ccc2c(c1)CCC(CN1CCC(O)(Cc3ccccc3)CC1)C2=O.Cl. The molecule has 2 aromatic rings. The first-order valence-corrected chi connectivity index (χ1v) is 10.9. The van der Waals surface area contributed by atoms with E-state index in [9.17, 15) is 14.7 Å². The van der Waals surface area contributed by atoms with Gasteiger partial charge in [0.25, 0.3) is 0 Å². The number of fused-ring (bicyclic) bond motifs is 1. The van der Waals surface area contributed by atoms with E-state index >= 15 is 0 Å². The molecular weight excluding hydrogens is 412 g/mol. The third kappa shape index (κ3) is 5.73. The molecular formula is C25H31ClN2O3. The van der Waals surface area contributed by atoms with Gasteiger partial charge in [-0.15, -0.1) is 12.4 Å². The number of Topliss-reactive ketones (excluding diaryl/α,β-unsaturated/α-hetero) is 1. The lowest BCUT2D eigenvalue weighted by atomic mass is 9.81. The second-order valence-electron chi connectivity index (χ2n) is 8.84. The van der Waals surface area contributed by atoms with Gasteiger partial charge in [-0.25, -0.2) is 0 Å². The normalized spacial score (nSPS) is 20.5. The van der Waals surface area contributed by atoms with Crippen LogP contribution in [0.3, 0.4) is 0 Å². The Morgan fingerprint density at radius 3 is 2.55 bits per heavy atom. The van der Waals surface area contributed by atoms with Crippen LogP contribution in [0.2, 0.25) is 0 Å². The molecule has 166 valence electrons. The van der Waals surface area contributed by atoms with Crippen LogP contribution in [0.5, 0.6) is 0 Å². The van der Waals surface area contributed by atoms with Crippen molar-refractivity contribution in [1.29, 1.82) is 0 Å². The summed E-state index contributed by atoms with van der Waals surface area (Å²) in [5.41, 5.74) is 3.09. The average Bonchev–Trinajstić information content (AvgIpc) is 2.72. The predicted molar refractivity (Wildman–Crippen MR) is 125 cm³/mol. The summed E-state index contributed by atoms with van der Waals surface area (Å²) in [6, 6.07) is 15.7. The standard InChI is InChI=1S/C25H30N2O3.ClH/c1-18(28)26-22-9-10-23-20(15-22)7-8-21(24(23)29)17-27-13-11-25(30,12-14-27)16-19-5-3-2-4-6-19;/h2-6,9-10,15,21,30H,7-8,11-14,16-17H2,1H3,(H,26,28);1H. The molecule has 1 aliphatic heterocycles. The number of likely N-dealkylation sites (tertiary alicyclic amines) is 1. The van der Waals surface area contributed by atoms with E-state index in [0.29, 0.717) is 6.42 Å². The molecule has 0 radical (unpaired) electrons. The van der Waals surface area contributed by atoms with E-state index in [-0.39, 0.29) is 30.0 Å². The smallest absolute Gasteiger partial charge is 0.221 e. The number of nitrogens with one attached hydrogen (secondary N) is 1. The van der Waals surface area contributed by atoms with Crippen LogP contribution in [0.15, 0.2) is 48.5 Å². The lowest BCUT2D eigenvalue weighted by Crippen LogP contribution is -2.48. The molecule has 0 spiro atoms. The second-order valence-corrected chi connectivity index (χ2v) is 8.84. The maximum absolute atomic E-state index is 13.0. The molecule has 1 fully saturated rings. The molecule has 1 atom stereocenters. The first-order chi connectivity index (χ1) is 14.4. The van der Waals surface area contributed by atoms with Crippen LogP contribution in [-0.4, -0.2) is 46.9 Å². The van der Waals surface area contributed by atoms with Gasteiger partial charge in [0.05, 0.1) is 5.60 Å². The zero-order chi connectivity index (χ0) is 21.1. The number of carbonyl (C=O) groups excluding carboxylic acids is 2. The van der Waals surface area contributed by atoms with Crippen LogP contribution in [0.4, 0.5) is 5.69 Å². The molecule has 0 bridgehead atoms. The summed E-state index contributed by atoms with van der Waals surface area (Å²) < 4.78 is 0. The second kappa shape index (κ2) is 9.94. The number of benzene rings is 2. The van der Waals surface area contributed by atoms with Crippen LogP contribution in [0.25, 0.3) is 0 Å². The number of amides is 1. The van der Waals surface area contributed by atoms with Gasteiger partial charge < -0.3 is 15.3 Å². The zero-order valence-electron chi connectivity index (χ0n) is 18.0. The molecule has 1 amide bonds. The van der Waals surface area contributed by atoms with Crippen molar-refractivity contribution in [2.75, 3.05) is 25.0 Å². The highest BCUT2D eigenvalue weighted by atomic mass is 35.5. The molecule has 0 saturated carbocycles. The van der Waals surface area contributed by atoms with Gasteiger partial charge in [0.1, 0.15) is 0 Å². The van der Waals surface area contributed by atoms with Gasteiger partial charge in [-0.2, -0.15) is 0 Å². The largest absolute Gasteiger partial charge is 0.389 e. The fourth-order valence-electron chi connectivity index (χ4n) is 4.79. The zero-order valence-corrected chi connectivity index (χ0v) is 18.8. The molecule has 1 saturated heterocycles. The number of hydrogen-bond acceptors (Lipinski definition) is 4. The van der Waals surface area contributed by atoms with E-state index in [2.05, 4.69) is 22.3 Å². The number of aliphatic hydroxyl groups is 1. The molecule has 31 heavy (non-hydrogen) atoms. The van der Waals surface area contributed by atoms with Crippen molar-refractivity contribution in [2.24, 2.45) is 5.92 Å². The topological polar surface area (TPSA) is 69.6 Å². The summed E-state index contributed by atoms with van der Waals surface area (Å²) >= 11 is 0. The van der Waals surface area contributed by atoms with E-state index in [1.165, 1.54) is 12.5 Å². The molecule has 5 nitrogen and oxygen atoms in total. The predicted octanol–water partition coefficient (Wildman–Crippen LogP) is 3.88. The van der Waals surface area contributed by atoms with Crippen LogP contribution in [-0.2, 0) is 17.6 Å². The number of nitrogens with zero attached hydrogens (tertiary/aromatic N) is 1. The highest BCUT2D eigenvalue weighted by molar-refractivity contribution is 6.01. The summed E-state index contributed by atoms with van der Waals surface area (Å²) in [4.78, 5) is 26.6. The van der Waals surface area contributed by atoms with E-state index in [1.807, 2.05) is 36.4 Å². The monoisotopic (exact) mass is 442 g/mol. The van der Waals surface area contributed by atoms with Crippen molar-refractivity contribution in [2.45, 2.75) is 44.6 Å². The third-order valence-corrected chi connectivity index (χ3v) is 6.47. The van der Waals surface area contributed by atoms with Crippen LogP contribution in [0, 0.1) is 5.92 Å². The van der Waals surface area contributed by atoms with Crippen LogP contribution >= 0.6 is 12.4 Å². The summed E-state index contributed by atoms with van der Waals surface area (Å²) in [5.74, 6) is 0.104. The highest BCUT2D eigenvalue weighted by Crippen LogP contribution is 2.31. The van der Waals surface area contributed by atoms with Crippen LogP contribution < -0.4 is 5.32 Å². The highest BCUT2D eigenvalue weighted by Gasteiger charge is 2.35. The average molecular weight is 443 g/mol. The minimum Gasteiger partial charge on any atom is -0.389 e. The lowest BCUT2D eigenvalue weighted by Gasteiger charge is -2.40. The Hall–Kier alpha value is -2.21. The van der Waals surface area contributed by atoms with E-state index in [4.69, 9.17) is 0 Å². The summed E-state index contributed by atoms with van der Waals surface area (Å²) in [5, 5.41) is 13.8. The fraction of sp³-hybridized carbons (Fsp3) is 0.440. The minimum atomic E-state index is -0.652. The van der Waals surface area contributed by atoms with Gasteiger partial charge in [0.2, 0.25) is 5.91 Å². The Balaban J connectivity index is 0.00000272. The van der Waals surface area contributed by atoms with E-state index in [0.717, 1.165) is 62.1 Å². The molecule has 1 heterocycles. The maximum Gasteiger partial charge on any atom is 0.221 e. The van der Waals surface area contributed by atoms with E-state index < -0.39 is 5.60 Å². The van der Waals surface area contributed by atoms with Crippen molar-refractivity contribution in [1.82, 2.24) is 4.90 Å². The first kappa shape index (κ1) is 23.5. The van der Waals surface area contributed by atoms with Crippen molar-refractivity contribution in [3.63, 3.8) is 0 Å². The van der Waals surface area contributed by atoms with Gasteiger partial charge >= 0.3 is 0 Å². The quantitative estimate of drug-likeness (QED) is 0.737. The Morgan fingerprint density at radius 2 is 1.87 bits per heavy atom. The molecule has 1 unspecified atom stereocenters. The van der Waals surface area contributed by atoms with Crippen molar-refractivity contribution in [3.05, 3.63) is 65.2 Å². The number of anilines is 1. The van der Waals surface area contributed by atoms with Crippen LogP contribution in [0.1, 0.15) is 47.7 Å². The molecule has 4 rings (SSSR count). The Bertz CT molecular complexity index is 924. The number of ketones is 1. The molecule has 2 aromatic carbocycles. The summed E-state index contributed by atoms with van der Waals surface area (Å²) in [7, 11) is 0. The van der Waals surface area contributed by atoms with Gasteiger partial charge in [0.15, 0.2) is 5.78 Å². The Morgan fingerprint density at radius 1 is 1.16 bits per heavy atom. The van der Waals surface area contributed by atoms with Crippen molar-refractivity contribution < 1.29 is 14.7 Å². The van der Waals surface area contributed by atoms with Crippen molar-refractivity contribution in [3.8, 4) is 0 Å². The molecule has 2 N–H and O–H groups in total. The number of piperidine rings is 1. The van der Waals surface area contributed by atoms with Gasteiger partial charge in [-0.1, -0.05) is 30.3 Å². The fourth-order valence-corrected chi connectivity index (χ4v) is 4.79. The van der Waals surface area contributed by atoms with Gasteiger partial charge in [-0.05, 0) is 55.0 Å². The van der Waals surface area contributed by atoms with E-state index in [1.54, 1.807) is 0 Å². The summed E-state index contributed by atoms with van der Waals surface area (Å²) in [6.45, 7) is 3.89. The third-order valence-electron chi connectivity index (χ3n) is 6.47. The first-order valence-electron chi connectivity index (χ1n) is 10.9.